The van der Waals surface area contributed by atoms with E-state index in [-0.39, 0.29) is 29.4 Å². The molecular formula is C18H27NO6S2. The first-order valence-electron chi connectivity index (χ1n) is 9.04. The molecule has 1 aromatic rings. The van der Waals surface area contributed by atoms with Gasteiger partial charge in [-0.1, -0.05) is 18.6 Å². The minimum atomic E-state index is -3.84. The predicted octanol–water partition coefficient (Wildman–Crippen LogP) is 2.13. The van der Waals surface area contributed by atoms with Gasteiger partial charge in [-0.3, -0.25) is 4.79 Å². The molecule has 0 bridgehead atoms. The zero-order valence-corrected chi connectivity index (χ0v) is 17.4. The second-order valence-corrected chi connectivity index (χ2v) is 11.2. The molecule has 1 saturated heterocycles. The SMILES string of the molecule is Cc1ccc(C)c(S(=O)(=O)N(CCCCCC(=O)O)[C@@H]2CCS(=O)(=O)C2)c1. The van der Waals surface area contributed by atoms with Crippen molar-refractivity contribution in [2.75, 3.05) is 18.1 Å². The number of sulfonamides is 1. The van der Waals surface area contributed by atoms with Crippen LogP contribution >= 0.6 is 0 Å². The molecule has 9 heteroatoms. The molecule has 0 radical (unpaired) electrons. The molecule has 0 aliphatic carbocycles. The second kappa shape index (κ2) is 8.70. The topological polar surface area (TPSA) is 109 Å². The number of aliphatic carboxylic acids is 1. The average molecular weight is 418 g/mol. The molecule has 1 atom stereocenters. The smallest absolute Gasteiger partial charge is 0.303 e. The molecule has 0 aromatic heterocycles. The van der Waals surface area contributed by atoms with E-state index in [1.54, 1.807) is 19.1 Å². The third kappa shape index (κ3) is 5.76. The van der Waals surface area contributed by atoms with Crippen molar-refractivity contribution >= 4 is 25.8 Å². The Balaban J connectivity index is 2.25. The molecule has 2 rings (SSSR count). The lowest BCUT2D eigenvalue weighted by molar-refractivity contribution is -0.137. The van der Waals surface area contributed by atoms with Crippen molar-refractivity contribution in [1.82, 2.24) is 4.31 Å². The molecule has 1 N–H and O–H groups in total. The zero-order valence-electron chi connectivity index (χ0n) is 15.7. The molecular weight excluding hydrogens is 390 g/mol. The summed E-state index contributed by atoms with van der Waals surface area (Å²) in [5, 5.41) is 8.71. The van der Waals surface area contributed by atoms with E-state index in [0.29, 0.717) is 31.2 Å². The summed E-state index contributed by atoms with van der Waals surface area (Å²) in [5.74, 6) is -1.04. The second-order valence-electron chi connectivity index (χ2n) is 7.15. The Kier molecular flexibility index (Phi) is 7.04. The van der Waals surface area contributed by atoms with Gasteiger partial charge < -0.3 is 5.11 Å². The number of carboxylic acid groups (broad SMARTS) is 1. The van der Waals surface area contributed by atoms with Gasteiger partial charge in [-0.05, 0) is 50.3 Å². The number of carbonyl (C=O) groups is 1. The lowest BCUT2D eigenvalue weighted by Crippen LogP contribution is -2.42. The van der Waals surface area contributed by atoms with Crippen LogP contribution in [0.1, 0.15) is 43.2 Å². The number of unbranched alkanes of at least 4 members (excludes halogenated alkanes) is 2. The fourth-order valence-corrected chi connectivity index (χ4v) is 7.16. The average Bonchev–Trinajstić information content (AvgIpc) is 2.92. The molecule has 1 heterocycles. The molecule has 7 nitrogen and oxygen atoms in total. The number of rotatable bonds is 9. The van der Waals surface area contributed by atoms with Gasteiger partial charge in [0.2, 0.25) is 10.0 Å². The fourth-order valence-electron chi connectivity index (χ4n) is 3.33. The third-order valence-electron chi connectivity index (χ3n) is 4.82. The van der Waals surface area contributed by atoms with Crippen LogP contribution in [-0.4, -0.2) is 56.3 Å². The quantitative estimate of drug-likeness (QED) is 0.617. The summed E-state index contributed by atoms with van der Waals surface area (Å²) in [6.07, 6.45) is 1.87. The van der Waals surface area contributed by atoms with E-state index in [4.69, 9.17) is 5.11 Å². The van der Waals surface area contributed by atoms with Crippen molar-refractivity contribution in [3.63, 3.8) is 0 Å². The molecule has 1 aliphatic heterocycles. The van der Waals surface area contributed by atoms with Crippen LogP contribution in [0.15, 0.2) is 23.1 Å². The standard InChI is InChI=1S/C18H27NO6S2/c1-14-7-8-15(2)17(12-14)27(24,25)19(10-5-3-4-6-18(20)21)16-9-11-26(22,23)13-16/h7-8,12,16H,3-6,9-11,13H2,1-2H3,(H,20,21)/t16-/m1/s1. The molecule has 0 saturated carbocycles. The minimum absolute atomic E-state index is 0.00446. The molecule has 152 valence electrons. The van der Waals surface area contributed by atoms with Crippen LogP contribution in [0.4, 0.5) is 0 Å². The van der Waals surface area contributed by atoms with Gasteiger partial charge in [-0.15, -0.1) is 0 Å². The fraction of sp³-hybridized carbons (Fsp3) is 0.611. The van der Waals surface area contributed by atoms with Crippen LogP contribution in [0.25, 0.3) is 0 Å². The van der Waals surface area contributed by atoms with Gasteiger partial charge in [-0.25, -0.2) is 16.8 Å². The van der Waals surface area contributed by atoms with Gasteiger partial charge >= 0.3 is 5.97 Å². The van der Waals surface area contributed by atoms with Crippen molar-refractivity contribution in [1.29, 1.82) is 0 Å². The van der Waals surface area contributed by atoms with Crippen LogP contribution in [0.2, 0.25) is 0 Å². The van der Waals surface area contributed by atoms with Gasteiger partial charge in [0.25, 0.3) is 0 Å². The highest BCUT2D eigenvalue weighted by atomic mass is 32.2. The van der Waals surface area contributed by atoms with Crippen molar-refractivity contribution < 1.29 is 26.7 Å². The van der Waals surface area contributed by atoms with Gasteiger partial charge in [0.05, 0.1) is 16.4 Å². The maximum absolute atomic E-state index is 13.3. The lowest BCUT2D eigenvalue weighted by Gasteiger charge is -2.28. The van der Waals surface area contributed by atoms with E-state index in [0.717, 1.165) is 5.56 Å². The normalized spacial score (nSPS) is 19.4. The van der Waals surface area contributed by atoms with Gasteiger partial charge in [0.15, 0.2) is 9.84 Å². The van der Waals surface area contributed by atoms with Crippen molar-refractivity contribution in [3.8, 4) is 0 Å². The molecule has 0 spiro atoms. The number of hydrogen-bond donors (Lipinski definition) is 1. The Morgan fingerprint density at radius 1 is 1.22 bits per heavy atom. The Morgan fingerprint density at radius 3 is 2.52 bits per heavy atom. The summed E-state index contributed by atoms with van der Waals surface area (Å²) in [6, 6.07) is 4.63. The van der Waals surface area contributed by atoms with Gasteiger partial charge in [0, 0.05) is 19.0 Å². The van der Waals surface area contributed by atoms with Crippen molar-refractivity contribution in [2.45, 2.75) is 56.9 Å². The van der Waals surface area contributed by atoms with E-state index < -0.39 is 31.9 Å². The van der Waals surface area contributed by atoms with Crippen molar-refractivity contribution in [2.24, 2.45) is 0 Å². The first-order valence-corrected chi connectivity index (χ1v) is 12.3. The summed E-state index contributed by atoms with van der Waals surface area (Å²) in [6.45, 7) is 3.73. The molecule has 27 heavy (non-hydrogen) atoms. The summed E-state index contributed by atoms with van der Waals surface area (Å²) in [7, 11) is -7.07. The Bertz CT molecular complexity index is 892. The van der Waals surface area contributed by atoms with E-state index in [9.17, 15) is 21.6 Å². The summed E-state index contributed by atoms with van der Waals surface area (Å²) >= 11 is 0. The van der Waals surface area contributed by atoms with Gasteiger partial charge in [0.1, 0.15) is 0 Å². The maximum Gasteiger partial charge on any atom is 0.303 e. The number of nitrogens with zero attached hydrogens (tertiary/aromatic N) is 1. The monoisotopic (exact) mass is 417 g/mol. The first-order chi connectivity index (χ1) is 12.5. The highest BCUT2D eigenvalue weighted by Crippen LogP contribution is 2.28. The van der Waals surface area contributed by atoms with Crippen LogP contribution < -0.4 is 0 Å². The maximum atomic E-state index is 13.3. The number of hydrogen-bond acceptors (Lipinski definition) is 5. The van der Waals surface area contributed by atoms with Crippen molar-refractivity contribution in [3.05, 3.63) is 29.3 Å². The van der Waals surface area contributed by atoms with E-state index in [2.05, 4.69) is 0 Å². The largest absolute Gasteiger partial charge is 0.481 e. The number of carboxylic acids is 1. The number of sulfone groups is 1. The van der Waals surface area contributed by atoms with E-state index in [1.807, 2.05) is 13.0 Å². The highest BCUT2D eigenvalue weighted by Gasteiger charge is 2.38. The van der Waals surface area contributed by atoms with Gasteiger partial charge in [-0.2, -0.15) is 4.31 Å². The number of aryl methyl sites for hydroxylation is 2. The summed E-state index contributed by atoms with van der Waals surface area (Å²) < 4.78 is 51.7. The highest BCUT2D eigenvalue weighted by molar-refractivity contribution is 7.92. The lowest BCUT2D eigenvalue weighted by atomic mass is 10.2. The predicted molar refractivity (Wildman–Crippen MR) is 103 cm³/mol. The Labute approximate surface area is 161 Å². The molecule has 0 unspecified atom stereocenters. The van der Waals surface area contributed by atoms with E-state index >= 15 is 0 Å². The molecule has 1 aromatic carbocycles. The first kappa shape index (κ1) is 21.8. The summed E-state index contributed by atoms with van der Waals surface area (Å²) in [5.41, 5.74) is 1.44. The zero-order chi connectivity index (χ0) is 20.2. The summed E-state index contributed by atoms with van der Waals surface area (Å²) in [4.78, 5) is 10.8. The molecule has 1 fully saturated rings. The Morgan fingerprint density at radius 2 is 1.93 bits per heavy atom. The Hall–Kier alpha value is -1.45. The van der Waals surface area contributed by atoms with Crippen LogP contribution in [0, 0.1) is 13.8 Å². The molecule has 1 aliphatic rings. The van der Waals surface area contributed by atoms with Crippen LogP contribution in [0.3, 0.4) is 0 Å². The van der Waals surface area contributed by atoms with E-state index in [1.165, 1.54) is 4.31 Å². The molecule has 0 amide bonds. The number of benzene rings is 1. The van der Waals surface area contributed by atoms with Crippen LogP contribution in [0.5, 0.6) is 0 Å². The van der Waals surface area contributed by atoms with Crippen LogP contribution in [-0.2, 0) is 24.7 Å². The minimum Gasteiger partial charge on any atom is -0.481 e. The third-order valence-corrected chi connectivity index (χ3v) is 8.66.